The lowest BCUT2D eigenvalue weighted by Gasteiger charge is -2.14. The Labute approximate surface area is 120 Å². The van der Waals surface area contributed by atoms with Crippen molar-refractivity contribution in [1.29, 1.82) is 0 Å². The van der Waals surface area contributed by atoms with Crippen LogP contribution < -0.4 is 5.56 Å². The van der Waals surface area contributed by atoms with Gasteiger partial charge in [0.05, 0.1) is 5.39 Å². The van der Waals surface area contributed by atoms with Crippen molar-refractivity contribution >= 4 is 33.3 Å². The van der Waals surface area contributed by atoms with Gasteiger partial charge in [-0.1, -0.05) is 23.9 Å². The lowest BCUT2D eigenvalue weighted by Crippen LogP contribution is -2.11. The molecule has 0 fully saturated rings. The minimum absolute atomic E-state index is 0.00543. The van der Waals surface area contributed by atoms with E-state index in [0.29, 0.717) is 5.25 Å². The van der Waals surface area contributed by atoms with Crippen molar-refractivity contribution in [3.8, 4) is 0 Å². The maximum absolute atomic E-state index is 12.2. The monoisotopic (exact) mass is 292 g/mol. The maximum Gasteiger partial charge on any atom is 0.260 e. The maximum atomic E-state index is 12.2. The van der Waals surface area contributed by atoms with Crippen LogP contribution in [0.2, 0.25) is 0 Å². The molecule has 2 heterocycles. The van der Waals surface area contributed by atoms with Crippen molar-refractivity contribution in [3.05, 3.63) is 32.9 Å². The Morgan fingerprint density at radius 3 is 3.05 bits per heavy atom. The summed E-state index contributed by atoms with van der Waals surface area (Å²) in [5, 5.41) is 1.94. The average Bonchev–Trinajstić information content (AvgIpc) is 2.66. The van der Waals surface area contributed by atoms with Crippen LogP contribution in [0.4, 0.5) is 0 Å². The van der Waals surface area contributed by atoms with Crippen LogP contribution in [0.3, 0.4) is 0 Å². The lowest BCUT2D eigenvalue weighted by molar-refractivity contribution is 0.738. The SMILES string of the molecule is Cc1sc2nc(S[C@H]3C=CCCC3)[nH]c(=O)c2c1C. The van der Waals surface area contributed by atoms with Gasteiger partial charge in [0.15, 0.2) is 5.16 Å². The molecular formula is C14H16N2OS2. The summed E-state index contributed by atoms with van der Waals surface area (Å²) in [6, 6.07) is 0. The average molecular weight is 292 g/mol. The third kappa shape index (κ3) is 2.49. The van der Waals surface area contributed by atoms with Crippen LogP contribution in [0, 0.1) is 13.8 Å². The van der Waals surface area contributed by atoms with Gasteiger partial charge >= 0.3 is 0 Å². The number of H-pyrrole nitrogens is 1. The zero-order valence-corrected chi connectivity index (χ0v) is 12.7. The van der Waals surface area contributed by atoms with Gasteiger partial charge < -0.3 is 4.98 Å². The van der Waals surface area contributed by atoms with E-state index in [4.69, 9.17) is 0 Å². The van der Waals surface area contributed by atoms with Crippen LogP contribution in [0.1, 0.15) is 29.7 Å². The predicted molar refractivity (Wildman–Crippen MR) is 82.4 cm³/mol. The Bertz CT molecular complexity index is 699. The topological polar surface area (TPSA) is 45.8 Å². The van der Waals surface area contributed by atoms with Crippen LogP contribution in [-0.4, -0.2) is 15.2 Å². The molecule has 0 radical (unpaired) electrons. The van der Waals surface area contributed by atoms with Crippen molar-refractivity contribution in [2.24, 2.45) is 0 Å². The van der Waals surface area contributed by atoms with Gasteiger partial charge in [-0.2, -0.15) is 0 Å². The first-order valence-electron chi connectivity index (χ1n) is 6.48. The van der Waals surface area contributed by atoms with Crippen LogP contribution in [0.5, 0.6) is 0 Å². The Balaban J connectivity index is 1.99. The van der Waals surface area contributed by atoms with Crippen molar-refractivity contribution < 1.29 is 0 Å². The summed E-state index contributed by atoms with van der Waals surface area (Å²) < 4.78 is 0. The lowest BCUT2D eigenvalue weighted by atomic mass is 10.1. The Hall–Kier alpha value is -1.07. The first-order valence-corrected chi connectivity index (χ1v) is 8.18. The highest BCUT2D eigenvalue weighted by atomic mass is 32.2. The van der Waals surface area contributed by atoms with Gasteiger partial charge in [0, 0.05) is 10.1 Å². The number of nitrogens with one attached hydrogen (secondary N) is 1. The normalized spacial score (nSPS) is 19.2. The number of aryl methyl sites for hydroxylation is 2. The molecule has 3 rings (SSSR count). The van der Waals surface area contributed by atoms with Crippen molar-refractivity contribution in [3.63, 3.8) is 0 Å². The van der Waals surface area contributed by atoms with Gasteiger partial charge in [0.25, 0.3) is 5.56 Å². The second-order valence-electron chi connectivity index (χ2n) is 4.85. The fourth-order valence-electron chi connectivity index (χ4n) is 2.31. The molecular weight excluding hydrogens is 276 g/mol. The van der Waals surface area contributed by atoms with E-state index in [1.165, 1.54) is 17.7 Å². The fourth-order valence-corrected chi connectivity index (χ4v) is 4.46. The summed E-state index contributed by atoms with van der Waals surface area (Å²) in [5.74, 6) is 0. The van der Waals surface area contributed by atoms with Gasteiger partial charge in [-0.25, -0.2) is 4.98 Å². The number of hydrogen-bond donors (Lipinski definition) is 1. The zero-order valence-electron chi connectivity index (χ0n) is 11.0. The Morgan fingerprint density at radius 2 is 2.32 bits per heavy atom. The molecule has 3 nitrogen and oxygen atoms in total. The minimum atomic E-state index is -0.00543. The summed E-state index contributed by atoms with van der Waals surface area (Å²) in [7, 11) is 0. The summed E-state index contributed by atoms with van der Waals surface area (Å²) in [4.78, 5) is 21.7. The van der Waals surface area contributed by atoms with E-state index in [2.05, 4.69) is 22.1 Å². The fraction of sp³-hybridized carbons (Fsp3) is 0.429. The molecule has 0 spiro atoms. The number of thioether (sulfide) groups is 1. The van der Waals surface area contributed by atoms with Crippen LogP contribution >= 0.6 is 23.1 Å². The van der Waals surface area contributed by atoms with E-state index in [1.54, 1.807) is 23.1 Å². The third-order valence-electron chi connectivity index (χ3n) is 3.49. The van der Waals surface area contributed by atoms with Gasteiger partial charge in [-0.05, 0) is 38.7 Å². The van der Waals surface area contributed by atoms with Crippen LogP contribution in [0.25, 0.3) is 10.2 Å². The summed E-state index contributed by atoms with van der Waals surface area (Å²) in [5.41, 5.74) is 1.05. The Morgan fingerprint density at radius 1 is 1.47 bits per heavy atom. The molecule has 0 saturated carbocycles. The smallest absolute Gasteiger partial charge is 0.260 e. The quantitative estimate of drug-likeness (QED) is 0.676. The number of fused-ring (bicyclic) bond motifs is 1. The number of aromatic amines is 1. The van der Waals surface area contributed by atoms with Crippen LogP contribution in [-0.2, 0) is 0 Å². The van der Waals surface area contributed by atoms with E-state index in [9.17, 15) is 4.79 Å². The van der Waals surface area contributed by atoms with Gasteiger partial charge in [0.1, 0.15) is 4.83 Å². The second-order valence-corrected chi connectivity index (χ2v) is 7.28. The van der Waals surface area contributed by atoms with E-state index in [1.807, 2.05) is 13.8 Å². The van der Waals surface area contributed by atoms with E-state index in [0.717, 1.165) is 27.4 Å². The molecule has 0 unspecified atom stereocenters. The number of aromatic nitrogens is 2. The second kappa shape index (κ2) is 5.13. The molecule has 1 aliphatic rings. The number of rotatable bonds is 2. The molecule has 2 aromatic rings. The van der Waals surface area contributed by atoms with E-state index < -0.39 is 0 Å². The highest BCUT2D eigenvalue weighted by molar-refractivity contribution is 7.99. The van der Waals surface area contributed by atoms with Crippen LogP contribution in [0.15, 0.2) is 22.1 Å². The number of allylic oxidation sites excluding steroid dienone is 1. The summed E-state index contributed by atoms with van der Waals surface area (Å²) >= 11 is 3.27. The van der Waals surface area contributed by atoms with E-state index >= 15 is 0 Å². The van der Waals surface area contributed by atoms with Gasteiger partial charge in [-0.15, -0.1) is 11.3 Å². The molecule has 19 heavy (non-hydrogen) atoms. The molecule has 1 N–H and O–H groups in total. The number of thiophene rings is 1. The highest BCUT2D eigenvalue weighted by Crippen LogP contribution is 2.30. The van der Waals surface area contributed by atoms with Crippen molar-refractivity contribution in [1.82, 2.24) is 9.97 Å². The molecule has 0 bridgehead atoms. The van der Waals surface area contributed by atoms with Gasteiger partial charge in [-0.3, -0.25) is 4.79 Å². The molecule has 1 aliphatic carbocycles. The van der Waals surface area contributed by atoms with E-state index in [-0.39, 0.29) is 5.56 Å². The largest absolute Gasteiger partial charge is 0.301 e. The van der Waals surface area contributed by atoms with Crippen molar-refractivity contribution in [2.75, 3.05) is 0 Å². The number of nitrogens with zero attached hydrogens (tertiary/aromatic N) is 1. The molecule has 0 aliphatic heterocycles. The first-order chi connectivity index (χ1) is 9.15. The molecule has 0 aromatic carbocycles. The molecule has 100 valence electrons. The highest BCUT2D eigenvalue weighted by Gasteiger charge is 2.15. The first kappa shape index (κ1) is 12.9. The summed E-state index contributed by atoms with van der Waals surface area (Å²) in [6.45, 7) is 4.03. The summed E-state index contributed by atoms with van der Waals surface area (Å²) in [6.07, 6.45) is 7.99. The molecule has 1 atom stereocenters. The predicted octanol–water partition coefficient (Wildman–Crippen LogP) is 3.80. The van der Waals surface area contributed by atoms with Crippen molar-refractivity contribution in [2.45, 2.75) is 43.5 Å². The molecule has 2 aromatic heterocycles. The standard InChI is InChI=1S/C14H16N2OS2/c1-8-9(2)18-13-11(8)12(17)15-14(16-13)19-10-6-4-3-5-7-10/h4,6,10H,3,5,7H2,1-2H3,(H,15,16,17)/t10-/m0/s1. The van der Waals surface area contributed by atoms with Gasteiger partial charge in [0.2, 0.25) is 0 Å². The molecule has 0 saturated heterocycles. The number of hydrogen-bond acceptors (Lipinski definition) is 4. The molecule has 5 heteroatoms. The zero-order chi connectivity index (χ0) is 13.4. The minimum Gasteiger partial charge on any atom is -0.301 e. The third-order valence-corrected chi connectivity index (χ3v) is 5.70. The Kier molecular flexibility index (Phi) is 3.50. The molecule has 0 amide bonds.